The van der Waals surface area contributed by atoms with Gasteiger partial charge in [0.15, 0.2) is 0 Å². The Bertz CT molecular complexity index is 544. The SMILES string of the molecule is CCC(CC)C(CNC(=O)c1ccc(Cl)cc1Cl)N1CCOCC1. The predicted octanol–water partition coefficient (Wildman–Crippen LogP) is 3.86. The van der Waals surface area contributed by atoms with Gasteiger partial charge < -0.3 is 10.1 Å². The maximum Gasteiger partial charge on any atom is 0.252 e. The molecule has 24 heavy (non-hydrogen) atoms. The Balaban J connectivity index is 2.04. The lowest BCUT2D eigenvalue weighted by Gasteiger charge is -2.38. The molecule has 1 atom stereocenters. The number of hydrogen-bond acceptors (Lipinski definition) is 3. The number of carbonyl (C=O) groups is 1. The monoisotopic (exact) mass is 372 g/mol. The minimum absolute atomic E-state index is 0.152. The van der Waals surface area contributed by atoms with Crippen molar-refractivity contribution < 1.29 is 9.53 Å². The zero-order valence-corrected chi connectivity index (χ0v) is 15.9. The second kappa shape index (κ2) is 9.62. The third-order valence-electron chi connectivity index (χ3n) is 4.76. The van der Waals surface area contributed by atoms with Crippen molar-refractivity contribution in [2.75, 3.05) is 32.8 Å². The molecule has 1 unspecified atom stereocenters. The fourth-order valence-corrected chi connectivity index (χ4v) is 3.80. The Labute approximate surface area is 154 Å². The summed E-state index contributed by atoms with van der Waals surface area (Å²) in [6.07, 6.45) is 2.19. The zero-order valence-electron chi connectivity index (χ0n) is 14.4. The molecule has 0 aliphatic carbocycles. The standard InChI is InChI=1S/C18H26Cl2N2O2/c1-3-13(4-2)17(22-7-9-24-10-8-22)12-21-18(23)15-6-5-14(19)11-16(15)20/h5-6,11,13,17H,3-4,7-10,12H2,1-2H3,(H,21,23). The van der Waals surface area contributed by atoms with Crippen LogP contribution in [0.3, 0.4) is 0 Å². The molecule has 1 N–H and O–H groups in total. The van der Waals surface area contributed by atoms with Gasteiger partial charge in [0.1, 0.15) is 0 Å². The minimum Gasteiger partial charge on any atom is -0.379 e. The Kier molecular flexibility index (Phi) is 7.82. The summed E-state index contributed by atoms with van der Waals surface area (Å²) in [5.41, 5.74) is 0.464. The molecule has 1 heterocycles. The van der Waals surface area contributed by atoms with E-state index in [1.165, 1.54) is 0 Å². The topological polar surface area (TPSA) is 41.6 Å². The van der Waals surface area contributed by atoms with Gasteiger partial charge in [0.25, 0.3) is 5.91 Å². The molecular weight excluding hydrogens is 347 g/mol. The summed E-state index contributed by atoms with van der Waals surface area (Å²) in [7, 11) is 0. The number of amides is 1. The lowest BCUT2D eigenvalue weighted by atomic mass is 9.92. The van der Waals surface area contributed by atoms with E-state index in [9.17, 15) is 4.79 Å². The molecular formula is C18H26Cl2N2O2. The molecule has 1 aliphatic heterocycles. The summed E-state index contributed by atoms with van der Waals surface area (Å²) in [4.78, 5) is 14.9. The van der Waals surface area contributed by atoms with Crippen LogP contribution in [0.15, 0.2) is 18.2 Å². The summed E-state index contributed by atoms with van der Waals surface area (Å²) in [5.74, 6) is 0.393. The van der Waals surface area contributed by atoms with Crippen LogP contribution in [0.1, 0.15) is 37.0 Å². The Morgan fingerprint density at radius 2 is 1.92 bits per heavy atom. The smallest absolute Gasteiger partial charge is 0.252 e. The molecule has 2 rings (SSSR count). The van der Waals surface area contributed by atoms with Crippen LogP contribution in [0.5, 0.6) is 0 Å². The van der Waals surface area contributed by atoms with Gasteiger partial charge in [0.05, 0.1) is 23.8 Å². The maximum atomic E-state index is 12.5. The second-order valence-corrected chi connectivity index (χ2v) is 6.97. The van der Waals surface area contributed by atoms with E-state index in [2.05, 4.69) is 24.1 Å². The molecule has 6 heteroatoms. The van der Waals surface area contributed by atoms with E-state index in [0.717, 1.165) is 39.1 Å². The molecule has 0 aromatic heterocycles. The van der Waals surface area contributed by atoms with Gasteiger partial charge in [-0.3, -0.25) is 9.69 Å². The van der Waals surface area contributed by atoms with Crippen molar-refractivity contribution in [2.24, 2.45) is 5.92 Å². The highest BCUT2D eigenvalue weighted by atomic mass is 35.5. The van der Waals surface area contributed by atoms with E-state index in [0.29, 0.717) is 34.1 Å². The number of benzene rings is 1. The van der Waals surface area contributed by atoms with E-state index < -0.39 is 0 Å². The van der Waals surface area contributed by atoms with Crippen LogP contribution in [0.2, 0.25) is 10.0 Å². The third kappa shape index (κ3) is 5.09. The Morgan fingerprint density at radius 1 is 1.25 bits per heavy atom. The Morgan fingerprint density at radius 3 is 2.50 bits per heavy atom. The van der Waals surface area contributed by atoms with E-state index >= 15 is 0 Å². The van der Waals surface area contributed by atoms with Crippen molar-refractivity contribution in [1.82, 2.24) is 10.2 Å². The van der Waals surface area contributed by atoms with E-state index in [1.54, 1.807) is 18.2 Å². The fourth-order valence-electron chi connectivity index (χ4n) is 3.30. The first-order valence-corrected chi connectivity index (χ1v) is 9.37. The molecule has 0 bridgehead atoms. The van der Waals surface area contributed by atoms with E-state index in [-0.39, 0.29) is 5.91 Å². The highest BCUT2D eigenvalue weighted by molar-refractivity contribution is 6.36. The molecule has 1 aromatic carbocycles. The van der Waals surface area contributed by atoms with Crippen LogP contribution in [0.25, 0.3) is 0 Å². The van der Waals surface area contributed by atoms with Gasteiger partial charge in [-0.1, -0.05) is 49.9 Å². The van der Waals surface area contributed by atoms with Crippen molar-refractivity contribution in [2.45, 2.75) is 32.7 Å². The molecule has 1 amide bonds. The van der Waals surface area contributed by atoms with Crippen LogP contribution in [-0.2, 0) is 4.74 Å². The first kappa shape index (κ1) is 19.5. The van der Waals surface area contributed by atoms with Crippen molar-refractivity contribution in [1.29, 1.82) is 0 Å². The lowest BCUT2D eigenvalue weighted by Crippen LogP contribution is -2.52. The van der Waals surface area contributed by atoms with Gasteiger partial charge in [0, 0.05) is 30.7 Å². The number of nitrogens with zero attached hydrogens (tertiary/aromatic N) is 1. The number of carbonyl (C=O) groups excluding carboxylic acids is 1. The van der Waals surface area contributed by atoms with Gasteiger partial charge in [0.2, 0.25) is 0 Å². The number of nitrogens with one attached hydrogen (secondary N) is 1. The van der Waals surface area contributed by atoms with Crippen LogP contribution in [0.4, 0.5) is 0 Å². The fraction of sp³-hybridized carbons (Fsp3) is 0.611. The first-order valence-electron chi connectivity index (χ1n) is 8.61. The maximum absolute atomic E-state index is 12.5. The molecule has 4 nitrogen and oxygen atoms in total. The zero-order chi connectivity index (χ0) is 17.5. The van der Waals surface area contributed by atoms with Crippen LogP contribution in [0, 0.1) is 5.92 Å². The number of morpholine rings is 1. The lowest BCUT2D eigenvalue weighted by molar-refractivity contribution is 0.00191. The minimum atomic E-state index is -0.152. The molecule has 1 saturated heterocycles. The molecule has 1 fully saturated rings. The molecule has 0 saturated carbocycles. The molecule has 0 radical (unpaired) electrons. The van der Waals surface area contributed by atoms with Gasteiger partial charge in [-0.2, -0.15) is 0 Å². The van der Waals surface area contributed by atoms with E-state index in [4.69, 9.17) is 27.9 Å². The average molecular weight is 373 g/mol. The highest BCUT2D eigenvalue weighted by Gasteiger charge is 2.27. The van der Waals surface area contributed by atoms with Crippen LogP contribution < -0.4 is 5.32 Å². The number of halogens is 2. The normalized spacial score (nSPS) is 17.0. The van der Waals surface area contributed by atoms with Crippen molar-refractivity contribution >= 4 is 29.1 Å². The van der Waals surface area contributed by atoms with Gasteiger partial charge in [-0.05, 0) is 24.1 Å². The summed E-state index contributed by atoms with van der Waals surface area (Å²) < 4.78 is 5.46. The van der Waals surface area contributed by atoms with Gasteiger partial charge in [-0.25, -0.2) is 0 Å². The number of ether oxygens (including phenoxy) is 1. The Hall–Kier alpha value is -0.810. The summed E-state index contributed by atoms with van der Waals surface area (Å²) >= 11 is 12.0. The van der Waals surface area contributed by atoms with E-state index in [1.807, 2.05) is 0 Å². The molecule has 1 aliphatic rings. The second-order valence-electron chi connectivity index (χ2n) is 6.13. The average Bonchev–Trinajstić information content (AvgIpc) is 2.59. The van der Waals surface area contributed by atoms with Gasteiger partial charge in [-0.15, -0.1) is 0 Å². The van der Waals surface area contributed by atoms with Crippen LogP contribution >= 0.6 is 23.2 Å². The van der Waals surface area contributed by atoms with Crippen molar-refractivity contribution in [3.05, 3.63) is 33.8 Å². The third-order valence-corrected chi connectivity index (χ3v) is 5.30. The predicted molar refractivity (Wildman–Crippen MR) is 99.0 cm³/mol. The quantitative estimate of drug-likeness (QED) is 0.789. The van der Waals surface area contributed by atoms with Gasteiger partial charge >= 0.3 is 0 Å². The molecule has 1 aromatic rings. The largest absolute Gasteiger partial charge is 0.379 e. The molecule has 0 spiro atoms. The van der Waals surface area contributed by atoms with Crippen molar-refractivity contribution in [3.8, 4) is 0 Å². The number of hydrogen-bond donors (Lipinski definition) is 1. The summed E-state index contributed by atoms with van der Waals surface area (Å²) in [6.45, 7) is 8.38. The van der Waals surface area contributed by atoms with Crippen molar-refractivity contribution in [3.63, 3.8) is 0 Å². The summed E-state index contributed by atoms with van der Waals surface area (Å²) in [6, 6.07) is 5.26. The number of rotatable bonds is 7. The molecule has 134 valence electrons. The highest BCUT2D eigenvalue weighted by Crippen LogP contribution is 2.22. The first-order chi connectivity index (χ1) is 11.6. The summed E-state index contributed by atoms with van der Waals surface area (Å²) in [5, 5.41) is 3.96. The van der Waals surface area contributed by atoms with Crippen LogP contribution in [-0.4, -0.2) is 49.7 Å².